The van der Waals surface area contributed by atoms with Crippen molar-refractivity contribution in [1.82, 2.24) is 10.6 Å². The van der Waals surface area contributed by atoms with Crippen LogP contribution in [0.25, 0.3) is 0 Å². The van der Waals surface area contributed by atoms with Gasteiger partial charge in [0.05, 0.1) is 5.75 Å². The van der Waals surface area contributed by atoms with E-state index in [0.29, 0.717) is 12.3 Å². The van der Waals surface area contributed by atoms with Gasteiger partial charge in [-0.05, 0) is 50.1 Å². The second kappa shape index (κ2) is 9.60. The molecule has 1 aromatic rings. The molecule has 0 radical (unpaired) electrons. The number of rotatable bonds is 5. The van der Waals surface area contributed by atoms with Crippen molar-refractivity contribution in [2.24, 2.45) is 0 Å². The Morgan fingerprint density at radius 2 is 2.14 bits per heavy atom. The fourth-order valence-electron chi connectivity index (χ4n) is 2.15. The van der Waals surface area contributed by atoms with Gasteiger partial charge >= 0.3 is 0 Å². The maximum absolute atomic E-state index is 11.9. The van der Waals surface area contributed by atoms with E-state index in [1.54, 1.807) is 11.8 Å². The van der Waals surface area contributed by atoms with Gasteiger partial charge in [0.25, 0.3) is 0 Å². The van der Waals surface area contributed by atoms with E-state index in [0.717, 1.165) is 24.0 Å². The van der Waals surface area contributed by atoms with Crippen LogP contribution in [0.5, 0.6) is 0 Å². The van der Waals surface area contributed by atoms with Crippen LogP contribution >= 0.6 is 40.1 Å². The quantitative estimate of drug-likeness (QED) is 0.581. The van der Waals surface area contributed by atoms with Gasteiger partial charge in [-0.15, -0.1) is 24.2 Å². The summed E-state index contributed by atoms with van der Waals surface area (Å²) in [5.74, 6) is 0.562. The number of hydrogen-bond acceptors (Lipinski definition) is 3. The zero-order chi connectivity index (χ0) is 15.2. The van der Waals surface area contributed by atoms with Gasteiger partial charge in [-0.25, -0.2) is 0 Å². The van der Waals surface area contributed by atoms with Crippen LogP contribution in [-0.2, 0) is 4.79 Å². The first-order valence-corrected chi connectivity index (χ1v) is 8.89. The molecule has 122 valence electrons. The van der Waals surface area contributed by atoms with Crippen LogP contribution in [0.3, 0.4) is 0 Å². The van der Waals surface area contributed by atoms with Crippen molar-refractivity contribution in [3.63, 3.8) is 0 Å². The Hall–Kier alpha value is -0.490. The van der Waals surface area contributed by atoms with E-state index in [2.05, 4.69) is 58.6 Å². The molecule has 0 saturated heterocycles. The molecule has 1 aromatic carbocycles. The SMILES string of the molecule is Cc1cc(SCC(=O)NCC2=CCNCC2)c(C)cc1Br.Cl. The molecule has 0 spiro atoms. The van der Waals surface area contributed by atoms with Crippen molar-refractivity contribution >= 4 is 46.0 Å². The van der Waals surface area contributed by atoms with E-state index >= 15 is 0 Å². The number of nitrogens with one attached hydrogen (secondary N) is 2. The zero-order valence-corrected chi connectivity index (χ0v) is 16.1. The van der Waals surface area contributed by atoms with Gasteiger partial charge in [-0.3, -0.25) is 4.79 Å². The molecule has 0 aromatic heterocycles. The van der Waals surface area contributed by atoms with Crippen LogP contribution in [-0.4, -0.2) is 31.3 Å². The van der Waals surface area contributed by atoms with Crippen molar-refractivity contribution in [1.29, 1.82) is 0 Å². The molecule has 1 heterocycles. The summed E-state index contributed by atoms with van der Waals surface area (Å²) in [4.78, 5) is 13.1. The molecular formula is C16H22BrClN2OS. The van der Waals surface area contributed by atoms with Crippen molar-refractivity contribution in [2.45, 2.75) is 25.2 Å². The Balaban J connectivity index is 0.00000242. The average Bonchev–Trinajstić information content (AvgIpc) is 2.48. The summed E-state index contributed by atoms with van der Waals surface area (Å²) in [6.07, 6.45) is 3.19. The number of amides is 1. The highest BCUT2D eigenvalue weighted by Gasteiger charge is 2.08. The average molecular weight is 406 g/mol. The summed E-state index contributed by atoms with van der Waals surface area (Å²) in [6.45, 7) is 6.74. The fraction of sp³-hybridized carbons (Fsp3) is 0.438. The van der Waals surface area contributed by atoms with E-state index in [1.165, 1.54) is 21.6 Å². The van der Waals surface area contributed by atoms with Crippen molar-refractivity contribution in [2.75, 3.05) is 25.4 Å². The molecule has 22 heavy (non-hydrogen) atoms. The molecule has 0 aliphatic carbocycles. The standard InChI is InChI=1S/C16H21BrN2OS.ClH/c1-11-8-15(12(2)7-14(11)17)21-10-16(20)19-9-13-3-5-18-6-4-13;/h3,7-8,18H,4-6,9-10H2,1-2H3,(H,19,20);1H. The van der Waals surface area contributed by atoms with E-state index in [9.17, 15) is 4.79 Å². The third-order valence-electron chi connectivity index (χ3n) is 3.49. The summed E-state index contributed by atoms with van der Waals surface area (Å²) >= 11 is 5.13. The van der Waals surface area contributed by atoms with Gasteiger partial charge in [0.15, 0.2) is 0 Å². The minimum Gasteiger partial charge on any atom is -0.352 e. The van der Waals surface area contributed by atoms with Crippen molar-refractivity contribution in [3.8, 4) is 0 Å². The predicted molar refractivity (Wildman–Crippen MR) is 100 cm³/mol. The third-order valence-corrected chi connectivity index (χ3v) is 5.50. The highest BCUT2D eigenvalue weighted by atomic mass is 79.9. The van der Waals surface area contributed by atoms with Crippen LogP contribution in [0.15, 0.2) is 33.2 Å². The summed E-state index contributed by atoms with van der Waals surface area (Å²) < 4.78 is 1.12. The van der Waals surface area contributed by atoms with E-state index in [1.807, 2.05) is 0 Å². The van der Waals surface area contributed by atoms with Gasteiger partial charge < -0.3 is 10.6 Å². The molecule has 3 nitrogen and oxygen atoms in total. The molecule has 6 heteroatoms. The Bertz CT molecular complexity index is 563. The normalized spacial score (nSPS) is 14.0. The number of halogens is 2. The Morgan fingerprint density at radius 1 is 1.36 bits per heavy atom. The first-order chi connectivity index (χ1) is 10.1. The number of aryl methyl sites for hydroxylation is 2. The van der Waals surface area contributed by atoms with Crippen LogP contribution in [0, 0.1) is 13.8 Å². The van der Waals surface area contributed by atoms with Gasteiger partial charge in [0, 0.05) is 22.5 Å². The molecular weight excluding hydrogens is 384 g/mol. The number of thioether (sulfide) groups is 1. The third kappa shape index (κ3) is 5.95. The van der Waals surface area contributed by atoms with Gasteiger partial charge in [0.2, 0.25) is 5.91 Å². The fourth-order valence-corrected chi connectivity index (χ4v) is 3.54. The molecule has 1 aliphatic heterocycles. The Labute approximate surface area is 151 Å². The lowest BCUT2D eigenvalue weighted by molar-refractivity contribution is -0.118. The summed E-state index contributed by atoms with van der Waals surface area (Å²) in [5, 5.41) is 6.27. The lowest BCUT2D eigenvalue weighted by Gasteiger charge is -2.14. The number of hydrogen-bond donors (Lipinski definition) is 2. The molecule has 1 amide bonds. The maximum atomic E-state index is 11.9. The molecule has 1 aliphatic rings. The lowest BCUT2D eigenvalue weighted by Crippen LogP contribution is -2.30. The maximum Gasteiger partial charge on any atom is 0.230 e. The van der Waals surface area contributed by atoms with Gasteiger partial charge in [0.1, 0.15) is 0 Å². The van der Waals surface area contributed by atoms with Gasteiger partial charge in [-0.2, -0.15) is 0 Å². The molecule has 2 rings (SSSR count). The molecule has 0 unspecified atom stereocenters. The lowest BCUT2D eigenvalue weighted by atomic mass is 10.1. The number of carbonyl (C=O) groups is 1. The molecule has 0 fully saturated rings. The van der Waals surface area contributed by atoms with E-state index < -0.39 is 0 Å². The first kappa shape index (κ1) is 19.6. The van der Waals surface area contributed by atoms with Crippen molar-refractivity contribution < 1.29 is 4.79 Å². The smallest absolute Gasteiger partial charge is 0.230 e. The highest BCUT2D eigenvalue weighted by Crippen LogP contribution is 2.28. The van der Waals surface area contributed by atoms with E-state index in [-0.39, 0.29) is 18.3 Å². The van der Waals surface area contributed by atoms with Crippen LogP contribution < -0.4 is 10.6 Å². The Kier molecular flexibility index (Phi) is 8.54. The summed E-state index contributed by atoms with van der Waals surface area (Å²) in [7, 11) is 0. The second-order valence-corrected chi connectivity index (χ2v) is 7.12. The summed E-state index contributed by atoms with van der Waals surface area (Å²) in [6, 6.07) is 4.24. The van der Waals surface area contributed by atoms with Crippen LogP contribution in [0.4, 0.5) is 0 Å². The largest absolute Gasteiger partial charge is 0.352 e. The topological polar surface area (TPSA) is 41.1 Å². The summed E-state index contributed by atoms with van der Waals surface area (Å²) in [5.41, 5.74) is 3.72. The minimum absolute atomic E-state index is 0. The van der Waals surface area contributed by atoms with Crippen LogP contribution in [0.2, 0.25) is 0 Å². The zero-order valence-electron chi connectivity index (χ0n) is 12.9. The van der Waals surface area contributed by atoms with Crippen LogP contribution in [0.1, 0.15) is 17.5 Å². The molecule has 0 saturated carbocycles. The first-order valence-electron chi connectivity index (χ1n) is 7.11. The van der Waals surface area contributed by atoms with Gasteiger partial charge in [-0.1, -0.05) is 27.6 Å². The molecule has 0 bridgehead atoms. The molecule has 0 atom stereocenters. The monoisotopic (exact) mass is 404 g/mol. The second-order valence-electron chi connectivity index (χ2n) is 5.25. The predicted octanol–water partition coefficient (Wildman–Crippen LogP) is 3.62. The highest BCUT2D eigenvalue weighted by molar-refractivity contribution is 9.10. The molecule has 2 N–H and O–H groups in total. The minimum atomic E-state index is 0. The number of benzene rings is 1. The van der Waals surface area contributed by atoms with Crippen molar-refractivity contribution in [3.05, 3.63) is 39.4 Å². The van der Waals surface area contributed by atoms with E-state index in [4.69, 9.17) is 0 Å². The number of carbonyl (C=O) groups excluding carboxylic acids is 1. The Morgan fingerprint density at radius 3 is 2.82 bits per heavy atom.